The first-order chi connectivity index (χ1) is 14.6. The van der Waals surface area contributed by atoms with Gasteiger partial charge in [-0.3, -0.25) is 24.6 Å². The summed E-state index contributed by atoms with van der Waals surface area (Å²) in [5.41, 5.74) is 2.92. The second-order valence-electron chi connectivity index (χ2n) is 9.13. The molecule has 0 radical (unpaired) electrons. The zero-order valence-corrected chi connectivity index (χ0v) is 17.4. The number of carbonyl (C=O) groups is 3. The molecule has 5 rings (SSSR count). The molecule has 30 heavy (non-hydrogen) atoms. The minimum atomic E-state index is -0.550. The summed E-state index contributed by atoms with van der Waals surface area (Å²) in [5, 5.41) is 6.08. The highest BCUT2D eigenvalue weighted by Gasteiger charge is 2.39. The van der Waals surface area contributed by atoms with Crippen molar-refractivity contribution >= 4 is 17.7 Å². The smallest absolute Gasteiger partial charge is 0.255 e. The van der Waals surface area contributed by atoms with Gasteiger partial charge in [-0.2, -0.15) is 0 Å². The van der Waals surface area contributed by atoms with E-state index in [2.05, 4.69) is 27.7 Å². The van der Waals surface area contributed by atoms with Crippen LogP contribution < -0.4 is 10.6 Å². The van der Waals surface area contributed by atoms with Crippen molar-refractivity contribution in [2.24, 2.45) is 0 Å². The van der Waals surface area contributed by atoms with E-state index in [0.29, 0.717) is 30.6 Å². The predicted octanol–water partition coefficient (Wildman–Crippen LogP) is 1.55. The van der Waals surface area contributed by atoms with Crippen LogP contribution in [-0.2, 0) is 22.7 Å². The number of fused-ring (bicyclic) bond motifs is 1. The fourth-order valence-corrected chi connectivity index (χ4v) is 5.67. The van der Waals surface area contributed by atoms with E-state index in [0.717, 1.165) is 25.2 Å². The van der Waals surface area contributed by atoms with Gasteiger partial charge in [-0.15, -0.1) is 0 Å². The van der Waals surface area contributed by atoms with E-state index in [1.54, 1.807) is 4.90 Å². The van der Waals surface area contributed by atoms with Gasteiger partial charge in [-0.05, 0) is 62.4 Å². The normalized spacial score (nSPS) is 29.9. The van der Waals surface area contributed by atoms with Crippen LogP contribution in [0, 0.1) is 0 Å². The second-order valence-corrected chi connectivity index (χ2v) is 9.13. The second kappa shape index (κ2) is 8.12. The summed E-state index contributed by atoms with van der Waals surface area (Å²) in [6.45, 7) is 3.61. The Morgan fingerprint density at radius 3 is 2.73 bits per heavy atom. The van der Waals surface area contributed by atoms with Crippen molar-refractivity contribution in [1.29, 1.82) is 0 Å². The summed E-state index contributed by atoms with van der Waals surface area (Å²) in [6, 6.07) is 6.77. The number of hydrogen-bond donors (Lipinski definition) is 2. The van der Waals surface area contributed by atoms with Crippen molar-refractivity contribution in [3.05, 3.63) is 34.9 Å². The molecule has 4 aliphatic heterocycles. The van der Waals surface area contributed by atoms with Crippen molar-refractivity contribution in [2.75, 3.05) is 13.1 Å². The molecule has 0 saturated carbocycles. The molecular weight excluding hydrogens is 380 g/mol. The third kappa shape index (κ3) is 3.65. The zero-order chi connectivity index (χ0) is 20.7. The highest BCUT2D eigenvalue weighted by atomic mass is 16.2. The number of benzene rings is 1. The molecule has 4 heterocycles. The Labute approximate surface area is 177 Å². The monoisotopic (exact) mass is 410 g/mol. The maximum Gasteiger partial charge on any atom is 0.255 e. The third-order valence-electron chi connectivity index (χ3n) is 7.20. The Kier molecular flexibility index (Phi) is 5.33. The van der Waals surface area contributed by atoms with Gasteiger partial charge in [-0.25, -0.2) is 0 Å². The van der Waals surface area contributed by atoms with E-state index >= 15 is 0 Å². The van der Waals surface area contributed by atoms with Crippen LogP contribution in [0.15, 0.2) is 18.2 Å². The summed E-state index contributed by atoms with van der Waals surface area (Å²) < 4.78 is 0. The van der Waals surface area contributed by atoms with E-state index in [-0.39, 0.29) is 24.1 Å². The van der Waals surface area contributed by atoms with Gasteiger partial charge in [0.25, 0.3) is 5.91 Å². The van der Waals surface area contributed by atoms with Gasteiger partial charge >= 0.3 is 0 Å². The molecule has 7 nitrogen and oxygen atoms in total. The number of amides is 3. The van der Waals surface area contributed by atoms with Crippen LogP contribution in [0.1, 0.15) is 66.4 Å². The maximum absolute atomic E-state index is 12.9. The number of carbonyl (C=O) groups excluding carboxylic acids is 3. The minimum Gasteiger partial charge on any atom is -0.322 e. The number of piperidine rings is 2. The van der Waals surface area contributed by atoms with Gasteiger partial charge in [0, 0.05) is 37.2 Å². The van der Waals surface area contributed by atoms with Crippen molar-refractivity contribution in [1.82, 2.24) is 20.4 Å². The molecule has 1 aromatic carbocycles. The van der Waals surface area contributed by atoms with E-state index in [9.17, 15) is 14.4 Å². The topological polar surface area (TPSA) is 81.8 Å². The number of nitrogens with zero attached hydrogens (tertiary/aromatic N) is 2. The van der Waals surface area contributed by atoms with Gasteiger partial charge in [0.15, 0.2) is 0 Å². The van der Waals surface area contributed by atoms with Gasteiger partial charge in [-0.1, -0.05) is 18.6 Å². The van der Waals surface area contributed by atoms with Crippen LogP contribution in [0.25, 0.3) is 0 Å². The van der Waals surface area contributed by atoms with Gasteiger partial charge in [0.2, 0.25) is 11.8 Å². The Morgan fingerprint density at radius 1 is 1.03 bits per heavy atom. The number of nitrogens with one attached hydrogen (secondary N) is 2. The summed E-state index contributed by atoms with van der Waals surface area (Å²) >= 11 is 0. The molecule has 0 bridgehead atoms. The lowest BCUT2D eigenvalue weighted by Gasteiger charge is -2.35. The lowest BCUT2D eigenvalue weighted by molar-refractivity contribution is -0.136. The Bertz CT molecular complexity index is 864. The van der Waals surface area contributed by atoms with E-state index in [1.165, 1.54) is 37.7 Å². The molecule has 1 aromatic rings. The van der Waals surface area contributed by atoms with Crippen LogP contribution in [0.2, 0.25) is 0 Å². The van der Waals surface area contributed by atoms with E-state index in [4.69, 9.17) is 0 Å². The quantitative estimate of drug-likeness (QED) is 0.736. The van der Waals surface area contributed by atoms with E-state index < -0.39 is 6.04 Å². The van der Waals surface area contributed by atoms with Crippen LogP contribution in [-0.4, -0.2) is 58.7 Å². The molecule has 4 aliphatic rings. The summed E-state index contributed by atoms with van der Waals surface area (Å²) in [7, 11) is 0. The standard InChI is InChI=1S/C23H30N4O3/c28-21-9-8-20(22(29)25-21)27-14-16-12-15(6-7-17(16)23(27)30)13-26-11-3-5-19(26)18-4-1-2-10-24-18/h6-7,12,18-20,24H,1-5,8-11,13-14H2,(H,25,28,29). The zero-order valence-electron chi connectivity index (χ0n) is 17.4. The first-order valence-electron chi connectivity index (χ1n) is 11.3. The van der Waals surface area contributed by atoms with Crippen LogP contribution in [0.3, 0.4) is 0 Å². The van der Waals surface area contributed by atoms with Crippen LogP contribution in [0.5, 0.6) is 0 Å². The molecule has 2 N–H and O–H groups in total. The average Bonchev–Trinajstić information content (AvgIpc) is 3.33. The number of hydrogen-bond acceptors (Lipinski definition) is 5. The minimum absolute atomic E-state index is 0.100. The van der Waals surface area contributed by atoms with Crippen LogP contribution >= 0.6 is 0 Å². The van der Waals surface area contributed by atoms with Gasteiger partial charge < -0.3 is 10.2 Å². The fourth-order valence-electron chi connectivity index (χ4n) is 5.67. The van der Waals surface area contributed by atoms with Crippen molar-refractivity contribution in [3.63, 3.8) is 0 Å². The Hall–Kier alpha value is -2.25. The van der Waals surface area contributed by atoms with Crippen molar-refractivity contribution < 1.29 is 14.4 Å². The molecular formula is C23H30N4O3. The van der Waals surface area contributed by atoms with Crippen LogP contribution in [0.4, 0.5) is 0 Å². The fraction of sp³-hybridized carbons (Fsp3) is 0.609. The summed E-state index contributed by atoms with van der Waals surface area (Å²) in [5.74, 6) is -0.709. The molecule has 3 amide bonds. The molecule has 3 fully saturated rings. The molecule has 0 aliphatic carbocycles. The van der Waals surface area contributed by atoms with E-state index in [1.807, 2.05) is 6.07 Å². The van der Waals surface area contributed by atoms with Crippen molar-refractivity contribution in [3.8, 4) is 0 Å². The number of rotatable bonds is 4. The molecule has 3 unspecified atom stereocenters. The molecule has 3 saturated heterocycles. The Morgan fingerprint density at radius 2 is 1.93 bits per heavy atom. The highest BCUT2D eigenvalue weighted by molar-refractivity contribution is 6.05. The molecule has 0 spiro atoms. The highest BCUT2D eigenvalue weighted by Crippen LogP contribution is 2.30. The number of likely N-dealkylation sites (tertiary alicyclic amines) is 1. The number of imide groups is 1. The summed E-state index contributed by atoms with van der Waals surface area (Å²) in [6.07, 6.45) is 7.06. The molecule has 0 aromatic heterocycles. The maximum atomic E-state index is 12.9. The van der Waals surface area contributed by atoms with Gasteiger partial charge in [0.05, 0.1) is 0 Å². The first kappa shape index (κ1) is 19.7. The first-order valence-corrected chi connectivity index (χ1v) is 11.3. The lowest BCUT2D eigenvalue weighted by Crippen LogP contribution is -2.52. The average molecular weight is 411 g/mol. The molecule has 7 heteroatoms. The largest absolute Gasteiger partial charge is 0.322 e. The summed E-state index contributed by atoms with van der Waals surface area (Å²) in [4.78, 5) is 40.8. The van der Waals surface area contributed by atoms with Gasteiger partial charge in [0.1, 0.15) is 6.04 Å². The predicted molar refractivity (Wildman–Crippen MR) is 112 cm³/mol. The molecule has 3 atom stereocenters. The SMILES string of the molecule is O=C1CCC(N2Cc3cc(CN4CCCC4C4CCCCN4)ccc3C2=O)C(=O)N1. The third-order valence-corrected chi connectivity index (χ3v) is 7.20. The Balaban J connectivity index is 1.28. The molecule has 160 valence electrons. The van der Waals surface area contributed by atoms with Crippen molar-refractivity contribution in [2.45, 2.75) is 76.2 Å². The lowest BCUT2D eigenvalue weighted by atomic mass is 9.96.